The van der Waals surface area contributed by atoms with E-state index in [0.717, 1.165) is 4.68 Å². The normalized spacial score (nSPS) is 10.3. The maximum absolute atomic E-state index is 11.4. The van der Waals surface area contributed by atoms with Crippen molar-refractivity contribution >= 4 is 17.5 Å². The van der Waals surface area contributed by atoms with E-state index in [4.69, 9.17) is 5.73 Å². The lowest BCUT2D eigenvalue weighted by Gasteiger charge is -2.05. The van der Waals surface area contributed by atoms with Crippen LogP contribution in [0.25, 0.3) is 5.82 Å². The van der Waals surface area contributed by atoms with Crippen molar-refractivity contribution in [3.63, 3.8) is 0 Å². The van der Waals surface area contributed by atoms with Crippen molar-refractivity contribution in [2.75, 3.05) is 12.8 Å². The molecular formula is C10H11N7O3. The van der Waals surface area contributed by atoms with Crippen LogP contribution in [0.4, 0.5) is 11.6 Å². The number of nitrogens with two attached hydrogens (primary N) is 1. The van der Waals surface area contributed by atoms with Crippen molar-refractivity contribution in [1.29, 1.82) is 0 Å². The van der Waals surface area contributed by atoms with E-state index in [9.17, 15) is 14.9 Å². The van der Waals surface area contributed by atoms with Crippen molar-refractivity contribution < 1.29 is 9.72 Å². The van der Waals surface area contributed by atoms with Crippen LogP contribution in [0.5, 0.6) is 0 Å². The Morgan fingerprint density at radius 3 is 2.80 bits per heavy atom. The van der Waals surface area contributed by atoms with Crippen molar-refractivity contribution in [1.82, 2.24) is 25.1 Å². The molecule has 0 saturated carbocycles. The van der Waals surface area contributed by atoms with Crippen LogP contribution in [0, 0.1) is 17.0 Å². The summed E-state index contributed by atoms with van der Waals surface area (Å²) in [5, 5.41) is 17.4. The van der Waals surface area contributed by atoms with Crippen LogP contribution in [0.3, 0.4) is 0 Å². The molecule has 2 heterocycles. The van der Waals surface area contributed by atoms with Crippen LogP contribution < -0.4 is 11.1 Å². The summed E-state index contributed by atoms with van der Waals surface area (Å²) in [6.07, 6.45) is 1.39. The highest BCUT2D eigenvalue weighted by atomic mass is 16.6. The van der Waals surface area contributed by atoms with Crippen molar-refractivity contribution in [3.8, 4) is 5.82 Å². The summed E-state index contributed by atoms with van der Waals surface area (Å²) in [5.74, 6) is -0.611. The second-order valence-corrected chi connectivity index (χ2v) is 3.82. The number of nitrogen functional groups attached to an aromatic ring is 1. The van der Waals surface area contributed by atoms with E-state index in [-0.39, 0.29) is 28.8 Å². The van der Waals surface area contributed by atoms with Gasteiger partial charge in [0.1, 0.15) is 5.69 Å². The van der Waals surface area contributed by atoms with Crippen LogP contribution >= 0.6 is 0 Å². The van der Waals surface area contributed by atoms with Gasteiger partial charge in [-0.2, -0.15) is 10.1 Å². The van der Waals surface area contributed by atoms with E-state index in [1.165, 1.54) is 26.2 Å². The fourth-order valence-electron chi connectivity index (χ4n) is 1.64. The zero-order valence-corrected chi connectivity index (χ0v) is 10.7. The molecule has 0 radical (unpaired) electrons. The molecule has 0 bridgehead atoms. The fraction of sp³-hybridized carbons (Fsp3) is 0.200. The first-order valence-electron chi connectivity index (χ1n) is 5.50. The van der Waals surface area contributed by atoms with Gasteiger partial charge in [0.25, 0.3) is 5.91 Å². The summed E-state index contributed by atoms with van der Waals surface area (Å²) in [7, 11) is 1.45. The number of aryl methyl sites for hydroxylation is 1. The summed E-state index contributed by atoms with van der Waals surface area (Å²) in [5.41, 5.74) is 5.41. The van der Waals surface area contributed by atoms with Crippen LogP contribution in [0.1, 0.15) is 16.2 Å². The van der Waals surface area contributed by atoms with Crippen LogP contribution in [0.2, 0.25) is 0 Å². The molecule has 3 N–H and O–H groups in total. The number of anilines is 1. The highest BCUT2D eigenvalue weighted by Gasteiger charge is 2.24. The maximum atomic E-state index is 11.4. The third kappa shape index (κ3) is 2.25. The molecule has 104 valence electrons. The number of amides is 1. The summed E-state index contributed by atoms with van der Waals surface area (Å²) >= 11 is 0. The number of nitrogens with one attached hydrogen (secondary N) is 1. The van der Waals surface area contributed by atoms with Gasteiger partial charge in [0, 0.05) is 13.2 Å². The third-order valence-electron chi connectivity index (χ3n) is 2.51. The average molecular weight is 277 g/mol. The van der Waals surface area contributed by atoms with E-state index < -0.39 is 10.8 Å². The number of aromatic nitrogens is 4. The second-order valence-electron chi connectivity index (χ2n) is 3.82. The highest BCUT2D eigenvalue weighted by Crippen LogP contribution is 2.24. The van der Waals surface area contributed by atoms with Crippen LogP contribution in [-0.4, -0.2) is 37.6 Å². The number of nitrogens with zero attached hydrogens (tertiary/aromatic N) is 5. The van der Waals surface area contributed by atoms with E-state index >= 15 is 0 Å². The monoisotopic (exact) mass is 277 g/mol. The van der Waals surface area contributed by atoms with E-state index in [1.54, 1.807) is 0 Å². The average Bonchev–Trinajstić information content (AvgIpc) is 2.85. The molecule has 2 aromatic rings. The first kappa shape index (κ1) is 13.4. The molecule has 0 spiro atoms. The molecule has 2 aromatic heterocycles. The minimum absolute atomic E-state index is 0.0878. The van der Waals surface area contributed by atoms with Crippen molar-refractivity contribution in [2.24, 2.45) is 0 Å². The predicted octanol–water partition coefficient (Wildman–Crippen LogP) is -0.179. The molecule has 0 aromatic carbocycles. The summed E-state index contributed by atoms with van der Waals surface area (Å²) in [4.78, 5) is 29.5. The van der Waals surface area contributed by atoms with Gasteiger partial charge in [-0.25, -0.2) is 9.67 Å². The number of nitro groups is 1. The minimum Gasteiger partial charge on any atom is -0.368 e. The minimum atomic E-state index is -0.620. The van der Waals surface area contributed by atoms with Gasteiger partial charge < -0.3 is 11.1 Å². The molecule has 10 nitrogen and oxygen atoms in total. The lowest BCUT2D eigenvalue weighted by atomic mass is 10.3. The molecule has 0 atom stereocenters. The number of carbonyl (C=O) groups is 1. The molecule has 2 rings (SSSR count). The molecule has 0 aliphatic carbocycles. The van der Waals surface area contributed by atoms with Gasteiger partial charge in [-0.3, -0.25) is 14.9 Å². The fourth-order valence-corrected chi connectivity index (χ4v) is 1.64. The molecule has 0 saturated heterocycles. The summed E-state index contributed by atoms with van der Waals surface area (Å²) in [6.45, 7) is 1.45. The van der Waals surface area contributed by atoms with Gasteiger partial charge >= 0.3 is 5.69 Å². The number of rotatable bonds is 3. The Labute approximate surface area is 112 Å². The number of carbonyl (C=O) groups excluding carboxylic acids is 1. The summed E-state index contributed by atoms with van der Waals surface area (Å²) in [6, 6.07) is 1.41. The van der Waals surface area contributed by atoms with Gasteiger partial charge in [0.2, 0.25) is 11.8 Å². The first-order valence-corrected chi connectivity index (χ1v) is 5.50. The number of hydrogen-bond donors (Lipinski definition) is 2. The molecule has 0 aliphatic heterocycles. The predicted molar refractivity (Wildman–Crippen MR) is 68.3 cm³/mol. The Balaban J connectivity index is 2.60. The van der Waals surface area contributed by atoms with Crippen molar-refractivity contribution in [3.05, 3.63) is 33.8 Å². The van der Waals surface area contributed by atoms with Gasteiger partial charge in [0.15, 0.2) is 5.69 Å². The van der Waals surface area contributed by atoms with Crippen LogP contribution in [0.15, 0.2) is 12.3 Å². The Bertz CT molecular complexity index is 694. The third-order valence-corrected chi connectivity index (χ3v) is 2.51. The SMILES string of the molecule is CNC(=O)c1ccn(-c2nc(N)nc(C)c2[N+](=O)[O-])n1. The largest absolute Gasteiger partial charge is 0.368 e. The molecule has 20 heavy (non-hydrogen) atoms. The quantitative estimate of drug-likeness (QED) is 0.585. The smallest absolute Gasteiger partial charge is 0.334 e. The lowest BCUT2D eigenvalue weighted by molar-refractivity contribution is -0.385. The number of hydrogen-bond acceptors (Lipinski definition) is 7. The van der Waals surface area contributed by atoms with Gasteiger partial charge in [-0.05, 0) is 13.0 Å². The zero-order valence-electron chi connectivity index (χ0n) is 10.7. The summed E-state index contributed by atoms with van der Waals surface area (Å²) < 4.78 is 1.12. The zero-order chi connectivity index (χ0) is 14.9. The Morgan fingerprint density at radius 1 is 1.50 bits per heavy atom. The highest BCUT2D eigenvalue weighted by molar-refractivity contribution is 5.91. The van der Waals surface area contributed by atoms with Gasteiger partial charge in [-0.15, -0.1) is 0 Å². The lowest BCUT2D eigenvalue weighted by Crippen LogP contribution is -2.19. The molecule has 0 fully saturated rings. The first-order chi connectivity index (χ1) is 9.43. The maximum Gasteiger partial charge on any atom is 0.334 e. The topological polar surface area (TPSA) is 142 Å². The molecule has 0 aliphatic rings. The standard InChI is InChI=1S/C10H11N7O3/c1-5-7(17(19)20)8(14-10(11)13-5)16-4-3-6(15-16)9(18)12-2/h3-4H,1-2H3,(H,12,18)(H2,11,13,14). The Morgan fingerprint density at radius 2 is 2.20 bits per heavy atom. The second kappa shape index (κ2) is 4.91. The van der Waals surface area contributed by atoms with E-state index in [0.29, 0.717) is 0 Å². The van der Waals surface area contributed by atoms with Gasteiger partial charge in [-0.1, -0.05) is 0 Å². The van der Waals surface area contributed by atoms with E-state index in [1.807, 2.05) is 0 Å². The molecule has 10 heteroatoms. The Hall–Kier alpha value is -3.04. The molecule has 1 amide bonds. The van der Waals surface area contributed by atoms with Gasteiger partial charge in [0.05, 0.1) is 4.92 Å². The van der Waals surface area contributed by atoms with Crippen molar-refractivity contribution in [2.45, 2.75) is 6.92 Å². The molecule has 0 unspecified atom stereocenters. The molecular weight excluding hydrogens is 266 g/mol. The van der Waals surface area contributed by atoms with E-state index in [2.05, 4.69) is 20.4 Å². The van der Waals surface area contributed by atoms with Crippen LogP contribution in [-0.2, 0) is 0 Å². The Kier molecular flexibility index (Phi) is 3.29.